The van der Waals surface area contributed by atoms with E-state index in [2.05, 4.69) is 33.8 Å². The normalized spacial score (nSPS) is 21.0. The van der Waals surface area contributed by atoms with Crippen LogP contribution in [-0.2, 0) is 0 Å². The maximum Gasteiger partial charge on any atom is 0.168 e. The fourth-order valence-corrected chi connectivity index (χ4v) is 3.97. The number of fused-ring (bicyclic) bond motifs is 1. The second kappa shape index (κ2) is 6.10. The van der Waals surface area contributed by atoms with Crippen molar-refractivity contribution in [2.75, 3.05) is 18.0 Å². The Hall–Kier alpha value is -2.50. The highest BCUT2D eigenvalue weighted by molar-refractivity contribution is 5.90. The molecule has 1 fully saturated rings. The van der Waals surface area contributed by atoms with Crippen molar-refractivity contribution in [3.8, 4) is 5.69 Å². The molecule has 0 radical (unpaired) electrons. The van der Waals surface area contributed by atoms with Crippen molar-refractivity contribution in [2.24, 2.45) is 11.8 Å². The number of aryl methyl sites for hydroxylation is 1. The lowest BCUT2D eigenvalue weighted by Crippen LogP contribution is -2.39. The van der Waals surface area contributed by atoms with Crippen LogP contribution in [0.4, 0.5) is 10.2 Å². The van der Waals surface area contributed by atoms with Gasteiger partial charge in [-0.1, -0.05) is 26.0 Å². The van der Waals surface area contributed by atoms with Gasteiger partial charge >= 0.3 is 0 Å². The van der Waals surface area contributed by atoms with Crippen LogP contribution >= 0.6 is 0 Å². The van der Waals surface area contributed by atoms with Crippen LogP contribution < -0.4 is 4.90 Å². The van der Waals surface area contributed by atoms with E-state index in [1.165, 1.54) is 12.5 Å². The highest BCUT2D eigenvalue weighted by Gasteiger charge is 2.26. The smallest absolute Gasteiger partial charge is 0.168 e. The molecule has 2 atom stereocenters. The summed E-state index contributed by atoms with van der Waals surface area (Å²) in [5, 5.41) is 5.47. The van der Waals surface area contributed by atoms with Crippen molar-refractivity contribution in [3.05, 3.63) is 42.1 Å². The van der Waals surface area contributed by atoms with Crippen molar-refractivity contribution in [3.63, 3.8) is 0 Å². The summed E-state index contributed by atoms with van der Waals surface area (Å²) < 4.78 is 15.8. The molecule has 5 nitrogen and oxygen atoms in total. The maximum atomic E-state index is 14.3. The third kappa shape index (κ3) is 2.75. The molecular weight excluding hydrogens is 317 g/mol. The van der Waals surface area contributed by atoms with Crippen molar-refractivity contribution in [1.29, 1.82) is 0 Å². The highest BCUT2D eigenvalue weighted by Crippen LogP contribution is 2.32. The predicted molar refractivity (Wildman–Crippen MR) is 96.5 cm³/mol. The first-order valence-electron chi connectivity index (χ1n) is 8.74. The summed E-state index contributed by atoms with van der Waals surface area (Å²) in [5.74, 6) is 1.84. The van der Waals surface area contributed by atoms with Gasteiger partial charge in [-0.05, 0) is 37.3 Å². The first-order chi connectivity index (χ1) is 12.0. The SMILES string of the molecule is Cc1nn(-c2ccccc2F)c2ncnc(N3CC(C)CC(C)C3)c12. The molecule has 130 valence electrons. The number of nitrogens with zero attached hydrogens (tertiary/aromatic N) is 5. The zero-order chi connectivity index (χ0) is 17.6. The highest BCUT2D eigenvalue weighted by atomic mass is 19.1. The van der Waals surface area contributed by atoms with Crippen molar-refractivity contribution in [1.82, 2.24) is 19.7 Å². The summed E-state index contributed by atoms with van der Waals surface area (Å²) in [5.41, 5.74) is 1.88. The Morgan fingerprint density at radius 3 is 2.52 bits per heavy atom. The summed E-state index contributed by atoms with van der Waals surface area (Å²) in [6, 6.07) is 6.63. The van der Waals surface area contributed by atoms with Crippen molar-refractivity contribution in [2.45, 2.75) is 27.2 Å². The molecule has 1 aliphatic heterocycles. The molecule has 3 heterocycles. The zero-order valence-electron chi connectivity index (χ0n) is 14.8. The molecule has 2 unspecified atom stereocenters. The van der Waals surface area contributed by atoms with Crippen LogP contribution in [-0.4, -0.2) is 32.8 Å². The summed E-state index contributed by atoms with van der Waals surface area (Å²) in [7, 11) is 0. The van der Waals surface area contributed by atoms with Crippen LogP contribution in [0.1, 0.15) is 26.0 Å². The number of halogens is 1. The van der Waals surface area contributed by atoms with E-state index in [1.807, 2.05) is 6.92 Å². The summed E-state index contributed by atoms with van der Waals surface area (Å²) in [6.45, 7) is 8.43. The molecule has 1 aromatic carbocycles. The minimum atomic E-state index is -0.313. The second-order valence-electron chi connectivity index (χ2n) is 7.20. The Balaban J connectivity index is 1.87. The molecule has 2 aromatic heterocycles. The quantitative estimate of drug-likeness (QED) is 0.713. The number of hydrogen-bond donors (Lipinski definition) is 0. The molecule has 0 aliphatic carbocycles. The lowest BCUT2D eigenvalue weighted by atomic mass is 9.92. The Morgan fingerprint density at radius 1 is 1.08 bits per heavy atom. The van der Waals surface area contributed by atoms with Crippen LogP contribution in [0, 0.1) is 24.6 Å². The fraction of sp³-hybridized carbons (Fsp3) is 0.421. The van der Waals surface area contributed by atoms with E-state index in [-0.39, 0.29) is 5.82 Å². The number of aromatic nitrogens is 4. The third-order valence-electron chi connectivity index (χ3n) is 4.87. The molecule has 0 saturated carbocycles. The molecule has 6 heteroatoms. The summed E-state index contributed by atoms with van der Waals surface area (Å²) >= 11 is 0. The number of hydrogen-bond acceptors (Lipinski definition) is 4. The molecule has 0 N–H and O–H groups in total. The zero-order valence-corrected chi connectivity index (χ0v) is 14.8. The van der Waals surface area contributed by atoms with Gasteiger partial charge in [-0.15, -0.1) is 0 Å². The second-order valence-corrected chi connectivity index (χ2v) is 7.20. The van der Waals surface area contributed by atoms with Crippen molar-refractivity contribution < 1.29 is 4.39 Å². The van der Waals surface area contributed by atoms with E-state index in [4.69, 9.17) is 0 Å². The Bertz CT molecular complexity index is 909. The van der Waals surface area contributed by atoms with Gasteiger partial charge in [0.15, 0.2) is 5.65 Å². The van der Waals surface area contributed by atoms with Gasteiger partial charge in [0.2, 0.25) is 0 Å². The van der Waals surface area contributed by atoms with E-state index >= 15 is 0 Å². The number of rotatable bonds is 2. The van der Waals surface area contributed by atoms with E-state index in [9.17, 15) is 4.39 Å². The summed E-state index contributed by atoms with van der Waals surface area (Å²) in [4.78, 5) is 11.3. The van der Waals surface area contributed by atoms with Gasteiger partial charge in [-0.25, -0.2) is 19.0 Å². The third-order valence-corrected chi connectivity index (χ3v) is 4.87. The largest absolute Gasteiger partial charge is 0.355 e. The number of piperidine rings is 1. The molecule has 4 rings (SSSR count). The number of benzene rings is 1. The molecule has 0 bridgehead atoms. The van der Waals surface area contributed by atoms with Crippen LogP contribution in [0.3, 0.4) is 0 Å². The number of anilines is 1. The van der Waals surface area contributed by atoms with Gasteiger partial charge in [-0.3, -0.25) is 0 Å². The topological polar surface area (TPSA) is 46.8 Å². The lowest BCUT2D eigenvalue weighted by Gasteiger charge is -2.36. The molecule has 0 spiro atoms. The Morgan fingerprint density at radius 2 is 1.80 bits per heavy atom. The first kappa shape index (κ1) is 16.0. The first-order valence-corrected chi connectivity index (χ1v) is 8.74. The molecule has 0 amide bonds. The monoisotopic (exact) mass is 339 g/mol. The average molecular weight is 339 g/mol. The fourth-order valence-electron chi connectivity index (χ4n) is 3.97. The van der Waals surface area contributed by atoms with Gasteiger partial charge in [0, 0.05) is 13.1 Å². The Kier molecular flexibility index (Phi) is 3.90. The van der Waals surface area contributed by atoms with E-state index in [0.717, 1.165) is 30.0 Å². The van der Waals surface area contributed by atoms with Gasteiger partial charge in [0.25, 0.3) is 0 Å². The van der Waals surface area contributed by atoms with E-state index < -0.39 is 0 Å². The molecule has 3 aromatic rings. The van der Waals surface area contributed by atoms with E-state index in [0.29, 0.717) is 23.2 Å². The maximum absolute atomic E-state index is 14.3. The van der Waals surface area contributed by atoms with Crippen LogP contribution in [0.25, 0.3) is 16.7 Å². The van der Waals surface area contributed by atoms with Crippen molar-refractivity contribution >= 4 is 16.9 Å². The summed E-state index contributed by atoms with van der Waals surface area (Å²) in [6.07, 6.45) is 2.79. The minimum absolute atomic E-state index is 0.313. The van der Waals surface area contributed by atoms with Crippen LogP contribution in [0.15, 0.2) is 30.6 Å². The van der Waals surface area contributed by atoms with Gasteiger partial charge in [-0.2, -0.15) is 5.10 Å². The lowest BCUT2D eigenvalue weighted by molar-refractivity contribution is 0.356. The standard InChI is InChI=1S/C19H22FN5/c1-12-8-13(2)10-24(9-12)18-17-14(3)23-25(19(17)22-11-21-18)16-7-5-4-6-15(16)20/h4-7,11-13H,8-10H2,1-3H3. The van der Waals surface area contributed by atoms with Gasteiger partial charge in [0.1, 0.15) is 23.6 Å². The average Bonchev–Trinajstić information content (AvgIpc) is 2.91. The predicted octanol–water partition coefficient (Wildman–Crippen LogP) is 3.75. The molecule has 1 saturated heterocycles. The molecule has 1 aliphatic rings. The minimum Gasteiger partial charge on any atom is -0.355 e. The molecular formula is C19H22FN5. The number of para-hydroxylation sites is 1. The van der Waals surface area contributed by atoms with Crippen LogP contribution in [0.2, 0.25) is 0 Å². The van der Waals surface area contributed by atoms with Gasteiger partial charge in [0.05, 0.1) is 11.1 Å². The van der Waals surface area contributed by atoms with Gasteiger partial charge < -0.3 is 4.90 Å². The Labute approximate surface area is 146 Å². The molecule has 25 heavy (non-hydrogen) atoms. The van der Waals surface area contributed by atoms with Crippen LogP contribution in [0.5, 0.6) is 0 Å². The van der Waals surface area contributed by atoms with E-state index in [1.54, 1.807) is 29.2 Å².